The molecule has 3 saturated carbocycles. The summed E-state index contributed by atoms with van der Waals surface area (Å²) in [5.74, 6) is 4.78. The van der Waals surface area contributed by atoms with Crippen molar-refractivity contribution in [1.29, 1.82) is 0 Å². The van der Waals surface area contributed by atoms with Gasteiger partial charge in [0.15, 0.2) is 0 Å². The third-order valence-electron chi connectivity index (χ3n) is 7.76. The topological polar surface area (TPSA) is 61.0 Å². The Kier molecular flexibility index (Phi) is 8.70. The summed E-state index contributed by atoms with van der Waals surface area (Å²) in [5, 5.41) is 0. The molecule has 5 unspecified atom stereocenters. The van der Waals surface area contributed by atoms with Gasteiger partial charge in [-0.25, -0.2) is 0 Å². The second kappa shape index (κ2) is 10.3. The molecule has 3 aliphatic carbocycles. The molecule has 0 heterocycles. The van der Waals surface area contributed by atoms with Gasteiger partial charge in [-0.1, -0.05) is 44.2 Å². The summed E-state index contributed by atoms with van der Waals surface area (Å²) >= 11 is 1.98. The van der Waals surface area contributed by atoms with Gasteiger partial charge in [-0.15, -0.1) is 0 Å². The minimum atomic E-state index is 0. The fraction of sp³-hybridized carbons (Fsp3) is 0.750. The average Bonchev–Trinajstić information content (AvgIpc) is 2.65. The van der Waals surface area contributed by atoms with Crippen LogP contribution in [0.5, 0.6) is 0 Å². The average molecular weight is 391 g/mol. The predicted molar refractivity (Wildman–Crippen MR) is 122 cm³/mol. The van der Waals surface area contributed by atoms with E-state index in [0.29, 0.717) is 17.4 Å². The van der Waals surface area contributed by atoms with Crippen LogP contribution in [0.25, 0.3) is 0 Å². The van der Waals surface area contributed by atoms with Crippen LogP contribution in [0.2, 0.25) is 0 Å². The highest BCUT2D eigenvalue weighted by Gasteiger charge is 2.54. The molecule has 3 aliphatic rings. The first-order valence-electron chi connectivity index (χ1n) is 10.8. The van der Waals surface area contributed by atoms with Gasteiger partial charge in [0.2, 0.25) is 0 Å². The van der Waals surface area contributed by atoms with E-state index < -0.39 is 0 Å². The first-order chi connectivity index (χ1) is 12.5. The molecule has 4 rings (SSSR count). The third-order valence-corrected chi connectivity index (χ3v) is 8.40. The number of nitrogens with two attached hydrogens (primary N) is 1. The van der Waals surface area contributed by atoms with Crippen molar-refractivity contribution < 1.29 is 0 Å². The van der Waals surface area contributed by atoms with Crippen LogP contribution in [0.3, 0.4) is 0 Å². The number of aryl methyl sites for hydroxylation is 1. The SMILES string of the molecule is CSCCC(CCCc1ccccc1)C(N)CC1CCC2CC1C2(C)C.N. The molecule has 3 fully saturated rings. The van der Waals surface area contributed by atoms with Crippen LogP contribution >= 0.6 is 11.8 Å². The standard InChI is InChI=1S/C24H39NS.H3N/c1-24(2)21-13-12-20(22(24)17-21)16-23(25)19(14-15-26-3)11-7-10-18-8-5-4-6-9-18;/h4-6,8-9,19-23H,7,10-17,25H2,1-3H3;1H3. The van der Waals surface area contributed by atoms with E-state index >= 15 is 0 Å². The number of hydrogen-bond donors (Lipinski definition) is 2. The predicted octanol–water partition coefficient (Wildman–Crippen LogP) is 6.33. The highest BCUT2D eigenvalue weighted by atomic mass is 32.2. The van der Waals surface area contributed by atoms with Crippen molar-refractivity contribution in [3.63, 3.8) is 0 Å². The lowest BCUT2D eigenvalue weighted by atomic mass is 9.45. The highest BCUT2D eigenvalue weighted by Crippen LogP contribution is 2.62. The number of rotatable bonds is 10. The Hall–Kier alpha value is -0.510. The first kappa shape index (κ1) is 22.8. The van der Waals surface area contributed by atoms with Crippen LogP contribution in [-0.4, -0.2) is 18.1 Å². The van der Waals surface area contributed by atoms with E-state index in [1.165, 1.54) is 62.7 Å². The quantitative estimate of drug-likeness (QED) is 0.490. The number of benzene rings is 1. The second-order valence-electron chi connectivity index (χ2n) is 9.52. The molecular formula is C24H42N2S. The molecule has 5 N–H and O–H groups in total. The fourth-order valence-corrected chi connectivity index (χ4v) is 6.38. The minimum Gasteiger partial charge on any atom is -0.344 e. The van der Waals surface area contributed by atoms with Gasteiger partial charge in [-0.2, -0.15) is 11.8 Å². The molecule has 1 aromatic carbocycles. The van der Waals surface area contributed by atoms with Crippen molar-refractivity contribution in [2.45, 2.75) is 71.3 Å². The molecule has 3 heteroatoms. The van der Waals surface area contributed by atoms with E-state index in [0.717, 1.165) is 17.8 Å². The van der Waals surface area contributed by atoms with Gasteiger partial charge in [0, 0.05) is 6.04 Å². The van der Waals surface area contributed by atoms with Gasteiger partial charge in [0.1, 0.15) is 0 Å². The van der Waals surface area contributed by atoms with Crippen molar-refractivity contribution in [2.75, 3.05) is 12.0 Å². The summed E-state index contributed by atoms with van der Waals surface area (Å²) in [6.45, 7) is 5.02. The molecule has 0 amide bonds. The van der Waals surface area contributed by atoms with E-state index in [1.807, 2.05) is 11.8 Å². The van der Waals surface area contributed by atoms with Crippen LogP contribution in [0.4, 0.5) is 0 Å². The summed E-state index contributed by atoms with van der Waals surface area (Å²) in [7, 11) is 0. The zero-order valence-corrected chi connectivity index (χ0v) is 18.6. The van der Waals surface area contributed by atoms with Crippen molar-refractivity contribution >= 4 is 11.8 Å². The Morgan fingerprint density at radius 2 is 1.89 bits per heavy atom. The number of fused-ring (bicyclic) bond motifs is 2. The Morgan fingerprint density at radius 3 is 2.52 bits per heavy atom. The fourth-order valence-electron chi connectivity index (χ4n) is 5.84. The minimum absolute atomic E-state index is 0. The summed E-state index contributed by atoms with van der Waals surface area (Å²) < 4.78 is 0. The van der Waals surface area contributed by atoms with Crippen LogP contribution in [-0.2, 0) is 6.42 Å². The monoisotopic (exact) mass is 390 g/mol. The molecule has 0 aliphatic heterocycles. The molecular weight excluding hydrogens is 348 g/mol. The van der Waals surface area contributed by atoms with Crippen LogP contribution < -0.4 is 11.9 Å². The molecule has 5 atom stereocenters. The van der Waals surface area contributed by atoms with E-state index in [9.17, 15) is 0 Å². The summed E-state index contributed by atoms with van der Waals surface area (Å²) in [4.78, 5) is 0. The molecule has 0 aromatic heterocycles. The van der Waals surface area contributed by atoms with Crippen LogP contribution in [0.1, 0.15) is 64.4 Å². The van der Waals surface area contributed by atoms with Crippen molar-refractivity contribution in [3.8, 4) is 0 Å². The van der Waals surface area contributed by atoms with Gasteiger partial charge < -0.3 is 11.9 Å². The zero-order chi connectivity index (χ0) is 18.6. The Labute approximate surface area is 172 Å². The van der Waals surface area contributed by atoms with Gasteiger partial charge in [-0.05, 0) is 98.0 Å². The van der Waals surface area contributed by atoms with Crippen molar-refractivity contribution in [1.82, 2.24) is 6.15 Å². The van der Waals surface area contributed by atoms with E-state index in [1.54, 1.807) is 0 Å². The largest absolute Gasteiger partial charge is 0.344 e. The lowest BCUT2D eigenvalue weighted by Gasteiger charge is -2.60. The van der Waals surface area contributed by atoms with Gasteiger partial charge in [-0.3, -0.25) is 0 Å². The molecule has 27 heavy (non-hydrogen) atoms. The smallest absolute Gasteiger partial charge is 0.00702 e. The summed E-state index contributed by atoms with van der Waals surface area (Å²) in [5.41, 5.74) is 8.89. The molecule has 0 spiro atoms. The van der Waals surface area contributed by atoms with E-state index in [4.69, 9.17) is 5.73 Å². The van der Waals surface area contributed by atoms with Gasteiger partial charge >= 0.3 is 0 Å². The highest BCUT2D eigenvalue weighted by molar-refractivity contribution is 7.98. The maximum Gasteiger partial charge on any atom is 0.00702 e. The lowest BCUT2D eigenvalue weighted by Crippen LogP contribution is -2.53. The molecule has 1 aromatic rings. The molecule has 0 saturated heterocycles. The molecule has 154 valence electrons. The van der Waals surface area contributed by atoms with Crippen LogP contribution in [0.15, 0.2) is 30.3 Å². The molecule has 0 radical (unpaired) electrons. The van der Waals surface area contributed by atoms with Crippen molar-refractivity contribution in [3.05, 3.63) is 35.9 Å². The Morgan fingerprint density at radius 1 is 1.15 bits per heavy atom. The lowest BCUT2D eigenvalue weighted by molar-refractivity contribution is -0.109. The van der Waals surface area contributed by atoms with Gasteiger partial charge in [0.05, 0.1) is 0 Å². The van der Waals surface area contributed by atoms with Gasteiger partial charge in [0.25, 0.3) is 0 Å². The zero-order valence-electron chi connectivity index (χ0n) is 17.8. The van der Waals surface area contributed by atoms with Crippen molar-refractivity contribution in [2.24, 2.45) is 34.8 Å². The Bertz CT molecular complexity index is 543. The van der Waals surface area contributed by atoms with E-state index in [-0.39, 0.29) is 6.15 Å². The third kappa shape index (κ3) is 5.52. The maximum absolute atomic E-state index is 6.83. The number of hydrogen-bond acceptors (Lipinski definition) is 3. The summed E-state index contributed by atoms with van der Waals surface area (Å²) in [6, 6.07) is 11.3. The normalized spacial score (nSPS) is 27.9. The van der Waals surface area contributed by atoms with E-state index in [2.05, 4.69) is 50.4 Å². The maximum atomic E-state index is 6.83. The Balaban J connectivity index is 0.00000261. The first-order valence-corrected chi connectivity index (χ1v) is 12.2. The molecule has 2 nitrogen and oxygen atoms in total. The van der Waals surface area contributed by atoms with Crippen LogP contribution in [0, 0.1) is 29.1 Å². The summed E-state index contributed by atoms with van der Waals surface area (Å²) in [6.07, 6.45) is 12.9. The molecule has 2 bridgehead atoms. The number of thioether (sulfide) groups is 1. The second-order valence-corrected chi connectivity index (χ2v) is 10.5.